The zero-order valence-corrected chi connectivity index (χ0v) is 15.7. The van der Waals surface area contributed by atoms with Crippen molar-refractivity contribution in [3.63, 3.8) is 0 Å². The zero-order valence-electron chi connectivity index (χ0n) is 15.7. The average Bonchev–Trinajstić information content (AvgIpc) is 3.46. The topological polar surface area (TPSA) is 84.5 Å². The molecule has 0 aliphatic carbocycles. The van der Waals surface area contributed by atoms with Crippen LogP contribution in [0.4, 0.5) is 10.1 Å². The second kappa shape index (κ2) is 8.48. The maximum Gasteiger partial charge on any atom is 0.291 e. The number of rotatable bonds is 6. The number of anilines is 1. The normalized spacial score (nSPS) is 10.6. The van der Waals surface area contributed by atoms with Gasteiger partial charge in [0.15, 0.2) is 11.5 Å². The zero-order chi connectivity index (χ0) is 20.9. The highest BCUT2D eigenvalue weighted by Gasteiger charge is 2.12. The van der Waals surface area contributed by atoms with Crippen molar-refractivity contribution in [1.82, 2.24) is 5.32 Å². The van der Waals surface area contributed by atoms with Crippen molar-refractivity contribution in [1.29, 1.82) is 0 Å². The Morgan fingerprint density at radius 2 is 1.60 bits per heavy atom. The Bertz CT molecular complexity index is 1150. The molecule has 0 aliphatic heterocycles. The van der Waals surface area contributed by atoms with Crippen LogP contribution in [0.25, 0.3) is 11.3 Å². The van der Waals surface area contributed by atoms with Crippen molar-refractivity contribution in [3.05, 3.63) is 102 Å². The van der Waals surface area contributed by atoms with E-state index in [0.29, 0.717) is 17.0 Å². The van der Waals surface area contributed by atoms with E-state index in [1.165, 1.54) is 18.4 Å². The number of hydrogen-bond donors (Lipinski definition) is 2. The molecule has 0 bridgehead atoms. The molecule has 6 nitrogen and oxygen atoms in total. The predicted octanol–water partition coefficient (Wildman–Crippen LogP) is 4.86. The summed E-state index contributed by atoms with van der Waals surface area (Å²) in [6.07, 6.45) is 1.43. The number of amides is 2. The van der Waals surface area contributed by atoms with Crippen molar-refractivity contribution >= 4 is 17.5 Å². The third kappa shape index (κ3) is 4.47. The monoisotopic (exact) mass is 404 g/mol. The molecule has 4 rings (SSSR count). The SMILES string of the molecule is O=C(Nc1ccc(CNC(=O)c2ccc(-c3ccc(F)cc3)o2)cc1)c1ccco1. The van der Waals surface area contributed by atoms with Crippen LogP contribution in [0.3, 0.4) is 0 Å². The highest BCUT2D eigenvalue weighted by molar-refractivity contribution is 6.02. The molecule has 0 fully saturated rings. The van der Waals surface area contributed by atoms with Crippen molar-refractivity contribution in [3.8, 4) is 11.3 Å². The second-order valence-electron chi connectivity index (χ2n) is 6.48. The first-order valence-electron chi connectivity index (χ1n) is 9.16. The molecular formula is C23H17FN2O4. The van der Waals surface area contributed by atoms with Crippen LogP contribution in [0.1, 0.15) is 26.7 Å². The Morgan fingerprint density at radius 3 is 2.30 bits per heavy atom. The summed E-state index contributed by atoms with van der Waals surface area (Å²) in [6.45, 7) is 0.290. The van der Waals surface area contributed by atoms with Crippen molar-refractivity contribution < 1.29 is 22.8 Å². The lowest BCUT2D eigenvalue weighted by molar-refractivity contribution is 0.0923. The van der Waals surface area contributed by atoms with Gasteiger partial charge in [-0.1, -0.05) is 12.1 Å². The number of carbonyl (C=O) groups excluding carboxylic acids is 2. The summed E-state index contributed by atoms with van der Waals surface area (Å²) < 4.78 is 23.6. The summed E-state index contributed by atoms with van der Waals surface area (Å²) in [6, 6.07) is 19.4. The molecule has 150 valence electrons. The number of hydrogen-bond acceptors (Lipinski definition) is 4. The lowest BCUT2D eigenvalue weighted by Crippen LogP contribution is -2.22. The summed E-state index contributed by atoms with van der Waals surface area (Å²) in [4.78, 5) is 24.3. The molecule has 0 unspecified atom stereocenters. The first-order valence-corrected chi connectivity index (χ1v) is 9.16. The van der Waals surface area contributed by atoms with E-state index in [1.54, 1.807) is 60.7 Å². The molecule has 2 aromatic carbocycles. The van der Waals surface area contributed by atoms with Crippen molar-refractivity contribution in [2.45, 2.75) is 6.54 Å². The fraction of sp³-hybridized carbons (Fsp3) is 0.0435. The van der Waals surface area contributed by atoms with Gasteiger partial charge in [0.05, 0.1) is 6.26 Å². The van der Waals surface area contributed by atoms with Crippen LogP contribution in [0, 0.1) is 5.82 Å². The third-order valence-corrected chi connectivity index (χ3v) is 4.37. The Morgan fingerprint density at radius 1 is 0.833 bits per heavy atom. The van der Waals surface area contributed by atoms with E-state index < -0.39 is 0 Å². The number of nitrogens with one attached hydrogen (secondary N) is 2. The summed E-state index contributed by atoms with van der Waals surface area (Å²) in [5, 5.41) is 5.50. The molecule has 0 radical (unpaired) electrons. The van der Waals surface area contributed by atoms with Crippen LogP contribution in [-0.4, -0.2) is 11.8 Å². The smallest absolute Gasteiger partial charge is 0.291 e. The summed E-state index contributed by atoms with van der Waals surface area (Å²) in [5.74, 6) is -0.164. The van der Waals surface area contributed by atoms with Crippen LogP contribution in [0.5, 0.6) is 0 Å². The number of furan rings is 2. The van der Waals surface area contributed by atoms with E-state index in [-0.39, 0.29) is 35.7 Å². The first-order chi connectivity index (χ1) is 14.6. The summed E-state index contributed by atoms with van der Waals surface area (Å²) >= 11 is 0. The summed E-state index contributed by atoms with van der Waals surface area (Å²) in [7, 11) is 0. The number of carbonyl (C=O) groups is 2. The summed E-state index contributed by atoms with van der Waals surface area (Å²) in [5.41, 5.74) is 2.15. The van der Waals surface area contributed by atoms with E-state index in [2.05, 4.69) is 10.6 Å². The van der Waals surface area contributed by atoms with Crippen LogP contribution < -0.4 is 10.6 Å². The van der Waals surface area contributed by atoms with Gasteiger partial charge in [0.25, 0.3) is 11.8 Å². The van der Waals surface area contributed by atoms with Crippen LogP contribution in [0.2, 0.25) is 0 Å². The van der Waals surface area contributed by atoms with Crippen molar-refractivity contribution in [2.75, 3.05) is 5.32 Å². The Labute approximate surface area is 171 Å². The molecule has 0 saturated heterocycles. The molecule has 0 spiro atoms. The van der Waals surface area contributed by atoms with E-state index >= 15 is 0 Å². The van der Waals surface area contributed by atoms with E-state index in [1.807, 2.05) is 0 Å². The standard InChI is InChI=1S/C23H17FN2O4/c24-17-7-5-16(6-8-17)19-11-12-21(30-19)22(27)25-14-15-3-9-18(10-4-15)26-23(28)20-2-1-13-29-20/h1-13H,14H2,(H,25,27)(H,26,28). The molecule has 2 aromatic heterocycles. The Hall–Kier alpha value is -4.13. The minimum Gasteiger partial charge on any atom is -0.459 e. The lowest BCUT2D eigenvalue weighted by Gasteiger charge is -2.06. The molecule has 0 saturated carbocycles. The van der Waals surface area contributed by atoms with Gasteiger partial charge in [0, 0.05) is 17.8 Å². The van der Waals surface area contributed by atoms with E-state index in [0.717, 1.165) is 5.56 Å². The second-order valence-corrected chi connectivity index (χ2v) is 6.48. The van der Waals surface area contributed by atoms with Gasteiger partial charge in [-0.15, -0.1) is 0 Å². The minimum absolute atomic E-state index is 0.164. The number of benzene rings is 2. The van der Waals surface area contributed by atoms with Crippen molar-refractivity contribution in [2.24, 2.45) is 0 Å². The van der Waals surface area contributed by atoms with Gasteiger partial charge < -0.3 is 19.5 Å². The van der Waals surface area contributed by atoms with E-state index in [9.17, 15) is 14.0 Å². The van der Waals surface area contributed by atoms with Gasteiger partial charge in [-0.2, -0.15) is 0 Å². The molecule has 2 N–H and O–H groups in total. The molecular weight excluding hydrogens is 387 g/mol. The maximum atomic E-state index is 13.0. The molecule has 2 heterocycles. The van der Waals surface area contributed by atoms with E-state index in [4.69, 9.17) is 8.83 Å². The van der Waals surface area contributed by atoms with Gasteiger partial charge >= 0.3 is 0 Å². The quantitative estimate of drug-likeness (QED) is 0.481. The van der Waals surface area contributed by atoms with Gasteiger partial charge in [-0.25, -0.2) is 4.39 Å². The highest BCUT2D eigenvalue weighted by Crippen LogP contribution is 2.22. The minimum atomic E-state index is -0.362. The third-order valence-electron chi connectivity index (χ3n) is 4.37. The predicted molar refractivity (Wildman–Crippen MR) is 108 cm³/mol. The van der Waals surface area contributed by atoms with Gasteiger partial charge in [-0.3, -0.25) is 9.59 Å². The van der Waals surface area contributed by atoms with Crippen LogP contribution in [-0.2, 0) is 6.54 Å². The fourth-order valence-corrected chi connectivity index (χ4v) is 2.81. The molecule has 2 amide bonds. The molecule has 0 aliphatic rings. The Kier molecular flexibility index (Phi) is 5.43. The van der Waals surface area contributed by atoms with Gasteiger partial charge in [0.2, 0.25) is 0 Å². The molecule has 0 atom stereocenters. The molecule has 4 aromatic rings. The van der Waals surface area contributed by atoms with Gasteiger partial charge in [-0.05, 0) is 66.2 Å². The van der Waals surface area contributed by atoms with Crippen LogP contribution in [0.15, 0.2) is 87.9 Å². The largest absolute Gasteiger partial charge is 0.459 e. The first kappa shape index (κ1) is 19.2. The Balaban J connectivity index is 1.33. The number of halogens is 1. The highest BCUT2D eigenvalue weighted by atomic mass is 19.1. The molecule has 30 heavy (non-hydrogen) atoms. The van der Waals surface area contributed by atoms with Gasteiger partial charge in [0.1, 0.15) is 11.6 Å². The van der Waals surface area contributed by atoms with Crippen LogP contribution >= 0.6 is 0 Å². The average molecular weight is 404 g/mol. The maximum absolute atomic E-state index is 13.0. The fourth-order valence-electron chi connectivity index (χ4n) is 2.81. The lowest BCUT2D eigenvalue weighted by atomic mass is 10.2. The molecule has 7 heteroatoms.